The monoisotopic (exact) mass is 271 g/mol. The molecule has 0 aliphatic heterocycles. The highest BCUT2D eigenvalue weighted by Crippen LogP contribution is 2.32. The smallest absolute Gasteiger partial charge is 0.0661 e. The van der Waals surface area contributed by atoms with Gasteiger partial charge in [-0.1, -0.05) is 29.3 Å². The van der Waals surface area contributed by atoms with Crippen molar-refractivity contribution in [3.05, 3.63) is 55.7 Å². The summed E-state index contributed by atoms with van der Waals surface area (Å²) in [6, 6.07) is 7.49. The molecule has 1 nitrogen and oxygen atoms in total. The van der Waals surface area contributed by atoms with E-state index in [4.69, 9.17) is 28.9 Å². The summed E-state index contributed by atoms with van der Waals surface area (Å²) < 4.78 is 0. The van der Waals surface area contributed by atoms with E-state index in [-0.39, 0.29) is 6.04 Å². The number of halogens is 2. The predicted octanol–water partition coefficient (Wildman–Crippen LogP) is 4.41. The molecular formula is C12H11Cl2NS. The van der Waals surface area contributed by atoms with Gasteiger partial charge >= 0.3 is 0 Å². The molecule has 1 aromatic carbocycles. The van der Waals surface area contributed by atoms with E-state index in [0.29, 0.717) is 5.02 Å². The van der Waals surface area contributed by atoms with Gasteiger partial charge in [0.05, 0.1) is 11.1 Å². The van der Waals surface area contributed by atoms with Crippen molar-refractivity contribution in [2.45, 2.75) is 13.0 Å². The zero-order valence-corrected chi connectivity index (χ0v) is 11.0. The molecule has 84 valence electrons. The number of hydrogen-bond acceptors (Lipinski definition) is 2. The molecule has 1 aromatic heterocycles. The van der Waals surface area contributed by atoms with E-state index in [1.807, 2.05) is 36.6 Å². The van der Waals surface area contributed by atoms with Gasteiger partial charge in [0, 0.05) is 9.90 Å². The van der Waals surface area contributed by atoms with Crippen LogP contribution in [0.5, 0.6) is 0 Å². The predicted molar refractivity (Wildman–Crippen MR) is 71.5 cm³/mol. The lowest BCUT2D eigenvalue weighted by Crippen LogP contribution is -2.10. The summed E-state index contributed by atoms with van der Waals surface area (Å²) in [5.41, 5.74) is 8.26. The van der Waals surface area contributed by atoms with Crippen molar-refractivity contribution >= 4 is 34.5 Å². The molecule has 0 aliphatic carbocycles. The minimum Gasteiger partial charge on any atom is -0.320 e. The van der Waals surface area contributed by atoms with Gasteiger partial charge in [-0.15, -0.1) is 11.3 Å². The van der Waals surface area contributed by atoms with E-state index >= 15 is 0 Å². The molecule has 16 heavy (non-hydrogen) atoms. The highest BCUT2D eigenvalue weighted by atomic mass is 35.5. The van der Waals surface area contributed by atoms with Crippen LogP contribution in [0.3, 0.4) is 0 Å². The van der Waals surface area contributed by atoms with Crippen molar-refractivity contribution < 1.29 is 0 Å². The van der Waals surface area contributed by atoms with E-state index in [1.54, 1.807) is 11.3 Å². The van der Waals surface area contributed by atoms with E-state index in [0.717, 1.165) is 21.0 Å². The number of nitrogens with two attached hydrogens (primary N) is 1. The van der Waals surface area contributed by atoms with Gasteiger partial charge in [0.1, 0.15) is 0 Å². The summed E-state index contributed by atoms with van der Waals surface area (Å²) in [7, 11) is 0. The molecule has 2 rings (SSSR count). The Bertz CT molecular complexity index is 487. The maximum atomic E-state index is 6.17. The van der Waals surface area contributed by atoms with Crippen LogP contribution in [0, 0.1) is 6.92 Å². The van der Waals surface area contributed by atoms with Crippen molar-refractivity contribution in [2.75, 3.05) is 0 Å². The highest BCUT2D eigenvalue weighted by molar-refractivity contribution is 7.10. The number of thiophene rings is 1. The molecule has 0 saturated heterocycles. The van der Waals surface area contributed by atoms with Crippen molar-refractivity contribution in [3.63, 3.8) is 0 Å². The Morgan fingerprint density at radius 2 is 2.00 bits per heavy atom. The van der Waals surface area contributed by atoms with Crippen LogP contribution in [0.2, 0.25) is 10.0 Å². The largest absolute Gasteiger partial charge is 0.320 e. The first kappa shape index (κ1) is 11.9. The maximum Gasteiger partial charge on any atom is 0.0661 e. The molecule has 2 aromatic rings. The molecule has 0 amide bonds. The Hall–Kier alpha value is -0.540. The Morgan fingerprint density at radius 1 is 1.25 bits per heavy atom. The molecule has 2 N–H and O–H groups in total. The molecule has 4 heteroatoms. The lowest BCUT2D eigenvalue weighted by atomic mass is 10.0. The molecule has 1 heterocycles. The molecule has 0 fully saturated rings. The van der Waals surface area contributed by atoms with Crippen LogP contribution in [-0.2, 0) is 0 Å². The van der Waals surface area contributed by atoms with Gasteiger partial charge in [-0.25, -0.2) is 0 Å². The zero-order valence-electron chi connectivity index (χ0n) is 8.71. The minimum atomic E-state index is -0.204. The second-order valence-electron chi connectivity index (χ2n) is 3.67. The van der Waals surface area contributed by atoms with Gasteiger partial charge in [-0.05, 0) is 41.6 Å². The lowest BCUT2D eigenvalue weighted by Gasteiger charge is -2.12. The average Bonchev–Trinajstić information content (AvgIpc) is 2.62. The van der Waals surface area contributed by atoms with E-state index in [1.165, 1.54) is 0 Å². The van der Waals surface area contributed by atoms with Gasteiger partial charge in [0.25, 0.3) is 0 Å². The Balaban J connectivity index is 2.41. The van der Waals surface area contributed by atoms with Gasteiger partial charge in [-0.2, -0.15) is 0 Å². The van der Waals surface area contributed by atoms with Crippen LogP contribution in [0.15, 0.2) is 29.6 Å². The number of hydrogen-bond donors (Lipinski definition) is 1. The minimum absolute atomic E-state index is 0.204. The Morgan fingerprint density at radius 3 is 2.56 bits per heavy atom. The first-order valence-corrected chi connectivity index (χ1v) is 6.47. The molecule has 0 spiro atoms. The lowest BCUT2D eigenvalue weighted by molar-refractivity contribution is 0.892. The normalized spacial score (nSPS) is 12.8. The second kappa shape index (κ2) is 4.76. The van der Waals surface area contributed by atoms with Crippen LogP contribution in [0.1, 0.15) is 22.0 Å². The summed E-state index contributed by atoms with van der Waals surface area (Å²) in [5.74, 6) is 0. The van der Waals surface area contributed by atoms with Crippen molar-refractivity contribution in [3.8, 4) is 0 Å². The van der Waals surface area contributed by atoms with Crippen LogP contribution >= 0.6 is 34.5 Å². The van der Waals surface area contributed by atoms with E-state index in [9.17, 15) is 0 Å². The summed E-state index contributed by atoms with van der Waals surface area (Å²) in [5, 5.41) is 3.36. The van der Waals surface area contributed by atoms with Crippen LogP contribution in [0.4, 0.5) is 0 Å². The summed E-state index contributed by atoms with van der Waals surface area (Å²) in [6.07, 6.45) is 0. The zero-order chi connectivity index (χ0) is 11.7. The molecular weight excluding hydrogens is 261 g/mol. The van der Waals surface area contributed by atoms with Crippen molar-refractivity contribution in [1.29, 1.82) is 0 Å². The topological polar surface area (TPSA) is 26.0 Å². The van der Waals surface area contributed by atoms with Crippen molar-refractivity contribution in [1.82, 2.24) is 0 Å². The molecule has 0 aliphatic rings. The van der Waals surface area contributed by atoms with Gasteiger partial charge in [-0.3, -0.25) is 0 Å². The first-order chi connectivity index (χ1) is 7.58. The molecule has 1 atom stereocenters. The standard InChI is InChI=1S/C12H11Cl2NS/c1-7-4-8(6-9(13)5-7)11(15)12-10(14)2-3-16-12/h2-6,11H,15H2,1H3. The quantitative estimate of drug-likeness (QED) is 0.860. The van der Waals surface area contributed by atoms with Crippen molar-refractivity contribution in [2.24, 2.45) is 5.73 Å². The summed E-state index contributed by atoms with van der Waals surface area (Å²) in [4.78, 5) is 0.975. The molecule has 0 radical (unpaired) electrons. The fraction of sp³-hybridized carbons (Fsp3) is 0.167. The number of rotatable bonds is 2. The first-order valence-electron chi connectivity index (χ1n) is 4.83. The van der Waals surface area contributed by atoms with Crippen LogP contribution < -0.4 is 5.73 Å². The Labute approximate surface area is 109 Å². The summed E-state index contributed by atoms with van der Waals surface area (Å²) >= 11 is 13.6. The van der Waals surface area contributed by atoms with Crippen LogP contribution in [0.25, 0.3) is 0 Å². The fourth-order valence-corrected chi connectivity index (χ4v) is 3.12. The third-order valence-electron chi connectivity index (χ3n) is 2.35. The third kappa shape index (κ3) is 2.41. The van der Waals surface area contributed by atoms with Gasteiger partial charge in [0.2, 0.25) is 0 Å². The van der Waals surface area contributed by atoms with E-state index < -0.39 is 0 Å². The van der Waals surface area contributed by atoms with Gasteiger partial charge < -0.3 is 5.73 Å². The maximum absolute atomic E-state index is 6.17. The highest BCUT2D eigenvalue weighted by Gasteiger charge is 2.14. The third-order valence-corrected chi connectivity index (χ3v) is 4.01. The molecule has 0 bridgehead atoms. The Kier molecular flexibility index (Phi) is 3.55. The SMILES string of the molecule is Cc1cc(Cl)cc(C(N)c2sccc2Cl)c1. The number of benzene rings is 1. The average molecular weight is 272 g/mol. The fourth-order valence-electron chi connectivity index (χ4n) is 1.62. The summed E-state index contributed by atoms with van der Waals surface area (Å²) in [6.45, 7) is 2.00. The number of aryl methyl sites for hydroxylation is 1. The van der Waals surface area contributed by atoms with Gasteiger partial charge in [0.15, 0.2) is 0 Å². The molecule has 1 unspecified atom stereocenters. The second-order valence-corrected chi connectivity index (χ2v) is 5.46. The molecule has 0 saturated carbocycles. The van der Waals surface area contributed by atoms with Crippen LogP contribution in [-0.4, -0.2) is 0 Å². The van der Waals surface area contributed by atoms with E-state index in [2.05, 4.69) is 0 Å².